The summed E-state index contributed by atoms with van der Waals surface area (Å²) in [6.07, 6.45) is -1.23. The van der Waals surface area contributed by atoms with Crippen molar-refractivity contribution in [2.24, 2.45) is 0 Å². The van der Waals surface area contributed by atoms with Crippen LogP contribution < -0.4 is 10.4 Å². The number of benzene rings is 3. The van der Waals surface area contributed by atoms with Crippen molar-refractivity contribution in [2.45, 2.75) is 6.10 Å². The van der Waals surface area contributed by atoms with Gasteiger partial charge in [0.05, 0.1) is 7.11 Å². The third kappa shape index (κ3) is 4.23. The molecule has 6 nitrogen and oxygen atoms in total. The van der Waals surface area contributed by atoms with Crippen LogP contribution in [0.15, 0.2) is 94.1 Å². The van der Waals surface area contributed by atoms with Gasteiger partial charge in [-0.25, -0.2) is 9.59 Å². The fraction of sp³-hybridized carbons (Fsp3) is 0.0800. The second kappa shape index (κ2) is 8.67. The zero-order chi connectivity index (χ0) is 21.8. The Morgan fingerprint density at radius 1 is 0.871 bits per heavy atom. The molecule has 4 rings (SSSR count). The Labute approximate surface area is 177 Å². The first-order chi connectivity index (χ1) is 15.1. The molecule has 3 aromatic carbocycles. The molecule has 0 amide bonds. The summed E-state index contributed by atoms with van der Waals surface area (Å²) in [4.78, 5) is 38.4. The van der Waals surface area contributed by atoms with Crippen molar-refractivity contribution in [1.82, 2.24) is 0 Å². The summed E-state index contributed by atoms with van der Waals surface area (Å²) >= 11 is 0. The van der Waals surface area contributed by atoms with Gasteiger partial charge in [-0.05, 0) is 36.4 Å². The molecule has 0 aliphatic heterocycles. The summed E-state index contributed by atoms with van der Waals surface area (Å²) in [5.74, 6) is -0.763. The summed E-state index contributed by atoms with van der Waals surface area (Å²) in [5, 5.41) is 0.576. The number of Topliss-reactive ketones (excluding diaryl/α,β-unsaturated/α-hetero) is 1. The molecule has 1 aromatic heterocycles. The average molecular weight is 414 g/mol. The van der Waals surface area contributed by atoms with Crippen molar-refractivity contribution in [1.29, 1.82) is 0 Å². The van der Waals surface area contributed by atoms with Crippen LogP contribution in [0.25, 0.3) is 11.0 Å². The van der Waals surface area contributed by atoms with Gasteiger partial charge in [0, 0.05) is 16.5 Å². The minimum absolute atomic E-state index is 0.276. The first kappa shape index (κ1) is 20.1. The number of ketones is 1. The molecule has 0 fully saturated rings. The van der Waals surface area contributed by atoms with Crippen LogP contribution in [0.4, 0.5) is 0 Å². The highest BCUT2D eigenvalue weighted by molar-refractivity contribution is 6.02. The molecule has 6 heteroatoms. The van der Waals surface area contributed by atoms with Crippen molar-refractivity contribution in [3.05, 3.63) is 112 Å². The maximum Gasteiger partial charge on any atom is 0.351 e. The molecule has 0 unspecified atom stereocenters. The fourth-order valence-electron chi connectivity index (χ4n) is 3.18. The number of para-hydroxylation sites is 1. The van der Waals surface area contributed by atoms with E-state index in [1.54, 1.807) is 78.9 Å². The number of methoxy groups -OCH3 is 1. The summed E-state index contributed by atoms with van der Waals surface area (Å²) < 4.78 is 15.9. The smallest absolute Gasteiger partial charge is 0.351 e. The number of carbonyl (C=O) groups is 2. The van der Waals surface area contributed by atoms with Gasteiger partial charge in [-0.2, -0.15) is 0 Å². The molecule has 31 heavy (non-hydrogen) atoms. The Hall–Kier alpha value is -4.19. The second-order valence-electron chi connectivity index (χ2n) is 6.77. The first-order valence-electron chi connectivity index (χ1n) is 9.54. The summed E-state index contributed by atoms with van der Waals surface area (Å²) in [7, 11) is 1.53. The van der Waals surface area contributed by atoms with E-state index in [2.05, 4.69) is 0 Å². The van der Waals surface area contributed by atoms with Gasteiger partial charge >= 0.3 is 11.6 Å². The van der Waals surface area contributed by atoms with Crippen LogP contribution >= 0.6 is 0 Å². The summed E-state index contributed by atoms with van der Waals surface area (Å²) in [6, 6.07) is 23.3. The lowest BCUT2D eigenvalue weighted by molar-refractivity contribution is 0.0276. The molecule has 0 aliphatic carbocycles. The number of hydrogen-bond acceptors (Lipinski definition) is 6. The minimum atomic E-state index is -1.23. The SMILES string of the molecule is COc1ccc(C(=O)[C@@H](OC(=O)c2cc3ccccc3oc2=O)c2ccccc2)cc1. The normalized spacial score (nSPS) is 11.6. The molecule has 0 spiro atoms. The Bertz CT molecular complexity index is 1290. The van der Waals surface area contributed by atoms with Crippen LogP contribution in [0, 0.1) is 0 Å². The predicted molar refractivity (Wildman–Crippen MR) is 114 cm³/mol. The number of esters is 1. The van der Waals surface area contributed by atoms with Crippen LogP contribution in [0.3, 0.4) is 0 Å². The highest BCUT2D eigenvalue weighted by Gasteiger charge is 2.28. The number of fused-ring (bicyclic) bond motifs is 1. The van der Waals surface area contributed by atoms with E-state index in [-0.39, 0.29) is 5.56 Å². The third-order valence-electron chi connectivity index (χ3n) is 4.80. The van der Waals surface area contributed by atoms with Crippen LogP contribution in [-0.2, 0) is 4.74 Å². The van der Waals surface area contributed by atoms with E-state index in [0.29, 0.717) is 27.8 Å². The van der Waals surface area contributed by atoms with Gasteiger partial charge < -0.3 is 13.9 Å². The Morgan fingerprint density at radius 2 is 1.55 bits per heavy atom. The molecule has 0 bridgehead atoms. The quantitative estimate of drug-likeness (QED) is 0.261. The highest BCUT2D eigenvalue weighted by atomic mass is 16.5. The van der Waals surface area contributed by atoms with Crippen molar-refractivity contribution in [2.75, 3.05) is 7.11 Å². The molecule has 4 aromatic rings. The van der Waals surface area contributed by atoms with E-state index in [9.17, 15) is 14.4 Å². The first-order valence-corrected chi connectivity index (χ1v) is 9.54. The van der Waals surface area contributed by atoms with E-state index < -0.39 is 23.5 Å². The van der Waals surface area contributed by atoms with Gasteiger partial charge in [0.25, 0.3) is 0 Å². The topological polar surface area (TPSA) is 82.8 Å². The number of ether oxygens (including phenoxy) is 2. The Balaban J connectivity index is 1.69. The molecule has 0 aliphatic rings. The largest absolute Gasteiger partial charge is 0.497 e. The van der Waals surface area contributed by atoms with Crippen molar-refractivity contribution in [3.8, 4) is 5.75 Å². The van der Waals surface area contributed by atoms with Crippen molar-refractivity contribution < 1.29 is 23.5 Å². The van der Waals surface area contributed by atoms with Gasteiger partial charge in [0.15, 0.2) is 6.10 Å². The van der Waals surface area contributed by atoms with E-state index in [1.165, 1.54) is 13.2 Å². The number of carbonyl (C=O) groups excluding carboxylic acids is 2. The van der Waals surface area contributed by atoms with Gasteiger partial charge in [-0.1, -0.05) is 48.5 Å². The molecular weight excluding hydrogens is 396 g/mol. The van der Waals surface area contributed by atoms with Crippen LogP contribution in [0.5, 0.6) is 5.75 Å². The van der Waals surface area contributed by atoms with Gasteiger partial charge in [-0.15, -0.1) is 0 Å². The Kier molecular flexibility index (Phi) is 5.62. The molecular formula is C25H18O6. The summed E-state index contributed by atoms with van der Waals surface area (Å²) in [6.45, 7) is 0. The van der Waals surface area contributed by atoms with Gasteiger partial charge in [0.2, 0.25) is 5.78 Å². The minimum Gasteiger partial charge on any atom is -0.497 e. The maximum atomic E-state index is 13.2. The molecule has 154 valence electrons. The van der Waals surface area contributed by atoms with Crippen LogP contribution in [0.1, 0.15) is 32.4 Å². The molecule has 1 atom stereocenters. The summed E-state index contributed by atoms with van der Waals surface area (Å²) in [5.41, 5.74) is 0.0855. The molecule has 0 saturated heterocycles. The predicted octanol–water partition coefficient (Wildman–Crippen LogP) is 4.58. The van der Waals surface area contributed by atoms with Crippen LogP contribution in [0.2, 0.25) is 0 Å². The standard InChI is InChI=1S/C25H18O6/c1-29-19-13-11-16(12-14-19)22(26)23(17-7-3-2-4-8-17)31-25(28)20-15-18-9-5-6-10-21(18)30-24(20)27/h2-15,23H,1H3/t23-/m0/s1. The molecule has 0 radical (unpaired) electrons. The lowest BCUT2D eigenvalue weighted by Gasteiger charge is -2.17. The van der Waals surface area contributed by atoms with E-state index >= 15 is 0 Å². The second-order valence-corrected chi connectivity index (χ2v) is 6.77. The van der Waals surface area contributed by atoms with Gasteiger partial charge in [-0.3, -0.25) is 4.79 Å². The average Bonchev–Trinajstić information content (AvgIpc) is 2.82. The monoisotopic (exact) mass is 414 g/mol. The molecule has 0 saturated carbocycles. The lowest BCUT2D eigenvalue weighted by atomic mass is 9.99. The van der Waals surface area contributed by atoms with Crippen molar-refractivity contribution >= 4 is 22.7 Å². The molecule has 1 heterocycles. The zero-order valence-corrected chi connectivity index (χ0v) is 16.6. The van der Waals surface area contributed by atoms with Crippen molar-refractivity contribution in [3.63, 3.8) is 0 Å². The van der Waals surface area contributed by atoms with E-state index in [1.807, 2.05) is 0 Å². The van der Waals surface area contributed by atoms with Gasteiger partial charge in [0.1, 0.15) is 16.9 Å². The third-order valence-corrected chi connectivity index (χ3v) is 4.80. The lowest BCUT2D eigenvalue weighted by Crippen LogP contribution is -2.23. The molecule has 0 N–H and O–H groups in total. The fourth-order valence-corrected chi connectivity index (χ4v) is 3.18. The zero-order valence-electron chi connectivity index (χ0n) is 16.6. The number of rotatable bonds is 6. The van der Waals surface area contributed by atoms with E-state index in [0.717, 1.165) is 0 Å². The highest BCUT2D eigenvalue weighted by Crippen LogP contribution is 2.25. The number of hydrogen-bond donors (Lipinski definition) is 0. The van der Waals surface area contributed by atoms with E-state index in [4.69, 9.17) is 13.9 Å². The maximum absolute atomic E-state index is 13.2. The van der Waals surface area contributed by atoms with Crippen LogP contribution in [-0.4, -0.2) is 18.9 Å². The Morgan fingerprint density at radius 3 is 2.26 bits per heavy atom.